The van der Waals surface area contributed by atoms with Gasteiger partial charge < -0.3 is 21.5 Å². The molecule has 27 heavy (non-hydrogen) atoms. The van der Waals surface area contributed by atoms with E-state index in [0.29, 0.717) is 11.3 Å². The van der Waals surface area contributed by atoms with E-state index in [1.807, 2.05) is 6.07 Å². The monoisotopic (exact) mass is 453 g/mol. The summed E-state index contributed by atoms with van der Waals surface area (Å²) in [5.41, 5.74) is 13.3. The summed E-state index contributed by atoms with van der Waals surface area (Å²) < 4.78 is 5.19. The zero-order valence-electron chi connectivity index (χ0n) is 13.9. The summed E-state index contributed by atoms with van der Waals surface area (Å²) in [7, 11) is 0. The van der Waals surface area contributed by atoms with Crippen molar-refractivity contribution in [2.24, 2.45) is 11.5 Å². The number of esters is 1. The van der Waals surface area contributed by atoms with E-state index >= 15 is 0 Å². The van der Waals surface area contributed by atoms with E-state index in [9.17, 15) is 4.79 Å². The van der Waals surface area contributed by atoms with Crippen LogP contribution in [0.25, 0.3) is 0 Å². The number of hydrogen-bond acceptors (Lipinski definition) is 5. The van der Waals surface area contributed by atoms with Crippen molar-refractivity contribution in [3.8, 4) is 0 Å². The van der Waals surface area contributed by atoms with Crippen molar-refractivity contribution >= 4 is 65.6 Å². The van der Waals surface area contributed by atoms with Gasteiger partial charge in [0, 0.05) is 5.69 Å². The first-order valence-corrected chi connectivity index (χ1v) is 8.03. The molecule has 0 unspecified atom stereocenters. The maximum atomic E-state index is 12.1. The fourth-order valence-corrected chi connectivity index (χ4v) is 2.63. The fraction of sp³-hybridized carbons (Fsp3) is 0.188. The van der Waals surface area contributed by atoms with Crippen molar-refractivity contribution < 1.29 is 9.53 Å². The minimum absolute atomic E-state index is 0. The predicted molar refractivity (Wildman–Crippen MR) is 112 cm³/mol. The van der Waals surface area contributed by atoms with Crippen molar-refractivity contribution in [1.82, 2.24) is 4.98 Å². The predicted octanol–water partition coefficient (Wildman–Crippen LogP) is 3.15. The molecule has 0 spiro atoms. The summed E-state index contributed by atoms with van der Waals surface area (Å²) in [6, 6.07) is 9.40. The minimum atomic E-state index is -0.833. The first kappa shape index (κ1) is 25.2. The Hall–Kier alpha value is -1.77. The third-order valence-electron chi connectivity index (χ3n) is 3.17. The zero-order chi connectivity index (χ0) is 18.4. The highest BCUT2D eigenvalue weighted by Gasteiger charge is 2.16. The summed E-state index contributed by atoms with van der Waals surface area (Å²) in [6.07, 6.45) is 0.282. The van der Waals surface area contributed by atoms with Gasteiger partial charge in [0.1, 0.15) is 23.0 Å². The van der Waals surface area contributed by atoms with Crippen LogP contribution in [0.3, 0.4) is 0 Å². The summed E-state index contributed by atoms with van der Waals surface area (Å²) in [5, 5.41) is 10.3. The Bertz CT molecular complexity index is 771. The largest absolute Gasteiger partial charge is 0.460 e. The van der Waals surface area contributed by atoms with Gasteiger partial charge in [0.05, 0.1) is 0 Å². The second kappa shape index (κ2) is 11.8. The molecular formula is C16H19Cl4N5O2. The van der Waals surface area contributed by atoms with E-state index in [1.165, 1.54) is 0 Å². The molecule has 0 aliphatic heterocycles. The molecule has 0 aliphatic carbocycles. The molecule has 0 amide bonds. The number of aromatic nitrogens is 1. The third-order valence-corrected chi connectivity index (χ3v) is 3.56. The highest BCUT2D eigenvalue weighted by molar-refractivity contribution is 6.32. The van der Waals surface area contributed by atoms with Crippen molar-refractivity contribution in [1.29, 1.82) is 5.41 Å². The first-order valence-electron chi connectivity index (χ1n) is 7.27. The fourth-order valence-electron chi connectivity index (χ4n) is 2.13. The minimum Gasteiger partial charge on any atom is -0.460 e. The molecule has 0 saturated heterocycles. The molecule has 11 heteroatoms. The number of carbonyl (C=O) groups is 1. The van der Waals surface area contributed by atoms with Crippen LogP contribution in [0.2, 0.25) is 10.3 Å². The number of anilines is 1. The lowest BCUT2D eigenvalue weighted by Crippen LogP contribution is -2.34. The molecule has 0 fully saturated rings. The molecule has 1 aromatic carbocycles. The van der Waals surface area contributed by atoms with Gasteiger partial charge in [-0.15, -0.1) is 24.8 Å². The van der Waals surface area contributed by atoms with Gasteiger partial charge in [0.25, 0.3) is 0 Å². The van der Waals surface area contributed by atoms with Crippen molar-refractivity contribution in [2.45, 2.75) is 19.1 Å². The van der Waals surface area contributed by atoms with Gasteiger partial charge >= 0.3 is 5.97 Å². The van der Waals surface area contributed by atoms with Gasteiger partial charge in [-0.05, 0) is 41.8 Å². The van der Waals surface area contributed by atoms with Gasteiger partial charge in [0.2, 0.25) is 0 Å². The Morgan fingerprint density at radius 1 is 1.19 bits per heavy atom. The number of benzene rings is 1. The lowest BCUT2D eigenvalue weighted by molar-refractivity contribution is -0.146. The highest BCUT2D eigenvalue weighted by Crippen LogP contribution is 2.16. The molecule has 1 aromatic heterocycles. The van der Waals surface area contributed by atoms with Crippen LogP contribution in [0, 0.1) is 5.41 Å². The van der Waals surface area contributed by atoms with Crippen LogP contribution < -0.4 is 16.8 Å². The lowest BCUT2D eigenvalue weighted by Gasteiger charge is -2.13. The Balaban J connectivity index is 0.00000338. The molecule has 0 radical (unpaired) electrons. The van der Waals surface area contributed by atoms with E-state index in [4.69, 9.17) is 44.8 Å². The number of nitrogens with two attached hydrogens (primary N) is 2. The Labute approximate surface area is 179 Å². The SMILES string of the molecule is Cl.Cl.N=C(N)Nc1cccc(C[C@H](N)C(=O)OCc2cc(Cl)nc(Cl)c2)c1. The molecule has 148 valence electrons. The van der Waals surface area contributed by atoms with Crippen LogP contribution in [-0.2, 0) is 22.6 Å². The van der Waals surface area contributed by atoms with Crippen LogP contribution >= 0.6 is 48.0 Å². The maximum Gasteiger partial charge on any atom is 0.323 e. The van der Waals surface area contributed by atoms with Gasteiger partial charge in [-0.3, -0.25) is 10.2 Å². The molecule has 7 nitrogen and oxygen atoms in total. The van der Waals surface area contributed by atoms with Crippen LogP contribution in [0.5, 0.6) is 0 Å². The van der Waals surface area contributed by atoms with Gasteiger partial charge in [0.15, 0.2) is 5.96 Å². The number of rotatable bonds is 6. The molecule has 1 heterocycles. The Morgan fingerprint density at radius 2 is 1.81 bits per heavy atom. The van der Waals surface area contributed by atoms with Gasteiger partial charge in [-0.25, -0.2) is 4.98 Å². The smallest absolute Gasteiger partial charge is 0.323 e. The topological polar surface area (TPSA) is 127 Å². The third kappa shape index (κ3) is 8.64. The Kier molecular flexibility index (Phi) is 11.1. The molecule has 1 atom stereocenters. The molecular weight excluding hydrogens is 436 g/mol. The standard InChI is InChI=1S/C16H17Cl2N5O2.2ClH/c17-13-6-10(7-14(18)23-13)8-25-15(24)12(19)5-9-2-1-3-11(4-9)22-16(20)21;;/h1-4,6-7,12H,5,8,19H2,(H4,20,21,22);2*1H/t12-;;/m0../s1. The number of nitrogens with zero attached hydrogens (tertiary/aromatic N) is 1. The number of ether oxygens (including phenoxy) is 1. The average molecular weight is 455 g/mol. The van der Waals surface area contributed by atoms with Crippen LogP contribution in [0.4, 0.5) is 5.69 Å². The number of nitrogens with one attached hydrogen (secondary N) is 2. The first-order chi connectivity index (χ1) is 11.8. The number of carbonyl (C=O) groups excluding carboxylic acids is 1. The van der Waals surface area contributed by atoms with E-state index in [2.05, 4.69) is 10.3 Å². The molecule has 2 rings (SSSR count). The van der Waals surface area contributed by atoms with Crippen LogP contribution in [0.15, 0.2) is 36.4 Å². The van der Waals surface area contributed by atoms with E-state index in [0.717, 1.165) is 5.56 Å². The van der Waals surface area contributed by atoms with Crippen LogP contribution in [0.1, 0.15) is 11.1 Å². The van der Waals surface area contributed by atoms with Crippen molar-refractivity contribution in [3.63, 3.8) is 0 Å². The zero-order valence-corrected chi connectivity index (χ0v) is 17.1. The second-order valence-corrected chi connectivity index (χ2v) is 6.05. The quantitative estimate of drug-likeness (QED) is 0.230. The van der Waals surface area contributed by atoms with Crippen LogP contribution in [-0.4, -0.2) is 23.0 Å². The van der Waals surface area contributed by atoms with Crippen molar-refractivity contribution in [3.05, 3.63) is 57.8 Å². The average Bonchev–Trinajstić information content (AvgIpc) is 2.51. The lowest BCUT2D eigenvalue weighted by atomic mass is 10.1. The van der Waals surface area contributed by atoms with E-state index in [1.54, 1.807) is 30.3 Å². The normalized spacial score (nSPS) is 10.8. The number of hydrogen-bond donors (Lipinski definition) is 4. The summed E-state index contributed by atoms with van der Waals surface area (Å²) in [5.74, 6) is -0.718. The number of halogens is 4. The molecule has 0 aliphatic rings. The van der Waals surface area contributed by atoms with Crippen molar-refractivity contribution in [2.75, 3.05) is 5.32 Å². The molecule has 2 aromatic rings. The van der Waals surface area contributed by atoms with Gasteiger partial charge in [-0.1, -0.05) is 35.3 Å². The highest BCUT2D eigenvalue weighted by atomic mass is 35.5. The molecule has 6 N–H and O–H groups in total. The Morgan fingerprint density at radius 3 is 2.41 bits per heavy atom. The summed E-state index contributed by atoms with van der Waals surface area (Å²) in [6.45, 7) is 0.000422. The molecule has 0 saturated carbocycles. The second-order valence-electron chi connectivity index (χ2n) is 5.28. The maximum absolute atomic E-state index is 12.1. The van der Waals surface area contributed by atoms with Gasteiger partial charge in [-0.2, -0.15) is 0 Å². The summed E-state index contributed by atoms with van der Waals surface area (Å²) >= 11 is 11.6. The van der Waals surface area contributed by atoms with E-state index in [-0.39, 0.29) is 54.1 Å². The summed E-state index contributed by atoms with van der Waals surface area (Å²) in [4.78, 5) is 15.9. The van der Waals surface area contributed by atoms with E-state index < -0.39 is 12.0 Å². The number of guanidine groups is 1. The number of pyridine rings is 1. The molecule has 0 bridgehead atoms.